The van der Waals surface area contributed by atoms with Gasteiger partial charge < -0.3 is 0 Å². The largest absolute Gasteiger partial charge is 0.257 e. The number of nitrogens with zero attached hydrogens (tertiary/aromatic N) is 1. The van der Waals surface area contributed by atoms with E-state index in [4.69, 9.17) is 4.98 Å². The molecule has 0 bridgehead atoms. The third kappa shape index (κ3) is 2.10. The summed E-state index contributed by atoms with van der Waals surface area (Å²) in [5.41, 5.74) is 5.04. The number of benzene rings is 2. The second-order valence-electron chi connectivity index (χ2n) is 5.18. The molecule has 3 aromatic rings. The summed E-state index contributed by atoms with van der Waals surface area (Å²) >= 11 is 1.85. The van der Waals surface area contributed by atoms with Gasteiger partial charge in [-0.15, -0.1) is 0 Å². The Hall–Kier alpha value is -1.54. The quantitative estimate of drug-likeness (QED) is 0.447. The number of aromatic nitrogens is 1. The van der Waals surface area contributed by atoms with Crippen LogP contribution in [-0.4, -0.2) is 4.98 Å². The fourth-order valence-electron chi connectivity index (χ4n) is 2.50. The Bertz CT molecular complexity index is 747. The third-order valence-corrected chi connectivity index (χ3v) is 4.66. The summed E-state index contributed by atoms with van der Waals surface area (Å²) in [6, 6.07) is 13.0. The van der Waals surface area contributed by atoms with Crippen molar-refractivity contribution in [3.63, 3.8) is 0 Å². The molecule has 0 fully saturated rings. The van der Waals surface area contributed by atoms with E-state index in [-0.39, 0.29) is 0 Å². The monoisotopic (exact) mass is 268 g/mol. The molecule has 0 saturated heterocycles. The lowest BCUT2D eigenvalue weighted by Crippen LogP contribution is -1.93. The van der Waals surface area contributed by atoms with Crippen molar-refractivity contribution in [2.24, 2.45) is 0 Å². The van der Waals surface area contributed by atoms with Crippen molar-refractivity contribution in [1.29, 1.82) is 0 Å². The highest BCUT2D eigenvalue weighted by Crippen LogP contribution is 2.31. The minimum atomic E-state index is 0.509. The van der Waals surface area contributed by atoms with Crippen molar-refractivity contribution in [2.45, 2.75) is 33.1 Å². The van der Waals surface area contributed by atoms with E-state index in [0.717, 1.165) is 6.42 Å². The maximum atomic E-state index is 4.98. The van der Waals surface area contributed by atoms with Crippen LogP contribution < -0.4 is 0 Å². The maximum absolute atomic E-state index is 4.98. The van der Waals surface area contributed by atoms with Crippen LogP contribution in [0.1, 0.15) is 37.8 Å². The Morgan fingerprint density at radius 3 is 2.37 bits per heavy atom. The lowest BCUT2D eigenvalue weighted by Gasteiger charge is -2.06. The van der Waals surface area contributed by atoms with E-state index in [9.17, 15) is 0 Å². The zero-order valence-corrected chi connectivity index (χ0v) is 12.4. The maximum Gasteiger partial charge on any atom is 0.257 e. The molecular weight excluding hydrogens is 250 g/mol. The second-order valence-corrected chi connectivity index (χ2v) is 6.26. The van der Waals surface area contributed by atoms with Gasteiger partial charge in [0.2, 0.25) is 11.3 Å². The van der Waals surface area contributed by atoms with Crippen molar-refractivity contribution < 1.29 is 0 Å². The summed E-state index contributed by atoms with van der Waals surface area (Å²) in [5.74, 6) is 0.509. The average Bonchev–Trinajstić information content (AvgIpc) is 2.43. The molecule has 0 N–H and O–H groups in total. The van der Waals surface area contributed by atoms with Gasteiger partial charge in [-0.25, -0.2) is 4.98 Å². The highest BCUT2D eigenvalue weighted by atomic mass is 32.1. The molecule has 0 atom stereocenters. The third-order valence-electron chi connectivity index (χ3n) is 3.56. The molecular formula is C17H18NS+. The molecule has 1 heterocycles. The fraction of sp³-hybridized carbons (Fsp3) is 0.294. The van der Waals surface area contributed by atoms with E-state index < -0.39 is 0 Å². The van der Waals surface area contributed by atoms with E-state index in [1.165, 1.54) is 31.6 Å². The molecule has 1 nitrogen and oxygen atoms in total. The second kappa shape index (κ2) is 4.86. The smallest absolute Gasteiger partial charge is 0.237 e. The summed E-state index contributed by atoms with van der Waals surface area (Å²) in [5, 5.41) is 0. The molecule has 0 radical (unpaired) electrons. The Balaban J connectivity index is 2.43. The fourth-order valence-corrected chi connectivity index (χ4v) is 3.56. The van der Waals surface area contributed by atoms with Gasteiger partial charge in [0.1, 0.15) is 11.0 Å². The first-order valence-corrected chi connectivity index (χ1v) is 7.66. The Morgan fingerprint density at radius 1 is 1.00 bits per heavy atom. The van der Waals surface area contributed by atoms with Crippen LogP contribution in [0.25, 0.3) is 20.4 Å². The minimum Gasteiger partial charge on any atom is -0.237 e. The lowest BCUT2D eigenvalue weighted by atomic mass is 10.0. The molecule has 0 aliphatic carbocycles. The summed E-state index contributed by atoms with van der Waals surface area (Å²) in [4.78, 5) is 4.98. The molecule has 0 amide bonds. The standard InChI is InChI=1S/C17H18NS/c1-4-12-7-5-9-14-16(12)18-17-13(11(2)3)8-6-10-15(17)19-14/h5-11H,4H2,1-3H3/q+1. The van der Waals surface area contributed by atoms with E-state index in [1.807, 2.05) is 11.3 Å². The summed E-state index contributed by atoms with van der Waals surface area (Å²) < 4.78 is 2.57. The van der Waals surface area contributed by atoms with Crippen molar-refractivity contribution >= 4 is 31.8 Å². The lowest BCUT2D eigenvalue weighted by molar-refractivity contribution is 0.873. The van der Waals surface area contributed by atoms with Crippen molar-refractivity contribution in [2.75, 3.05) is 0 Å². The van der Waals surface area contributed by atoms with Crippen LogP contribution in [0.2, 0.25) is 0 Å². The normalized spacial score (nSPS) is 11.6. The molecule has 0 spiro atoms. The Morgan fingerprint density at radius 2 is 1.68 bits per heavy atom. The first-order valence-electron chi connectivity index (χ1n) is 6.85. The van der Waals surface area contributed by atoms with E-state index >= 15 is 0 Å². The van der Waals surface area contributed by atoms with Gasteiger partial charge >= 0.3 is 0 Å². The van der Waals surface area contributed by atoms with E-state index in [0.29, 0.717) is 5.92 Å². The molecule has 3 rings (SSSR count). The van der Waals surface area contributed by atoms with Crippen LogP contribution >= 0.6 is 11.3 Å². The van der Waals surface area contributed by atoms with Gasteiger partial charge in [0, 0.05) is 12.1 Å². The van der Waals surface area contributed by atoms with Gasteiger partial charge in [0.15, 0.2) is 0 Å². The van der Waals surface area contributed by atoms with Crippen molar-refractivity contribution in [3.05, 3.63) is 47.5 Å². The van der Waals surface area contributed by atoms with Crippen LogP contribution in [0.4, 0.5) is 0 Å². The molecule has 1 aromatic heterocycles. The number of aryl methyl sites for hydroxylation is 1. The summed E-state index contributed by atoms with van der Waals surface area (Å²) in [7, 11) is 0. The predicted molar refractivity (Wildman–Crippen MR) is 85.0 cm³/mol. The Labute approximate surface area is 117 Å². The Kier molecular flexibility index (Phi) is 3.19. The van der Waals surface area contributed by atoms with Gasteiger partial charge in [0.25, 0.3) is 9.40 Å². The number of hydrogen-bond acceptors (Lipinski definition) is 1. The van der Waals surface area contributed by atoms with Gasteiger partial charge in [-0.3, -0.25) is 0 Å². The minimum absolute atomic E-state index is 0.509. The van der Waals surface area contributed by atoms with Crippen LogP contribution in [0.15, 0.2) is 36.4 Å². The zero-order valence-electron chi connectivity index (χ0n) is 11.6. The van der Waals surface area contributed by atoms with Gasteiger partial charge in [-0.2, -0.15) is 0 Å². The molecule has 0 unspecified atom stereocenters. The van der Waals surface area contributed by atoms with Crippen LogP contribution in [0.3, 0.4) is 0 Å². The average molecular weight is 268 g/mol. The number of para-hydroxylation sites is 2. The van der Waals surface area contributed by atoms with Crippen LogP contribution in [0.5, 0.6) is 0 Å². The summed E-state index contributed by atoms with van der Waals surface area (Å²) in [6.07, 6.45) is 1.03. The number of fused-ring (bicyclic) bond motifs is 2. The van der Waals surface area contributed by atoms with Gasteiger partial charge in [0.05, 0.1) is 0 Å². The topological polar surface area (TPSA) is 12.9 Å². The number of rotatable bonds is 2. The first-order chi connectivity index (χ1) is 9.20. The SMILES string of the molecule is CCc1cccc2[s+]c3cccc(C(C)C)c3nc12. The highest BCUT2D eigenvalue weighted by Gasteiger charge is 2.17. The molecule has 0 aliphatic rings. The summed E-state index contributed by atoms with van der Waals surface area (Å²) in [6.45, 7) is 6.66. The molecule has 2 aromatic carbocycles. The first kappa shape index (κ1) is 12.5. The molecule has 0 saturated carbocycles. The molecule has 19 heavy (non-hydrogen) atoms. The molecule has 2 heteroatoms. The predicted octanol–water partition coefficient (Wildman–Crippen LogP) is 5.42. The number of hydrogen-bond donors (Lipinski definition) is 0. The zero-order chi connectivity index (χ0) is 13.4. The molecule has 0 aliphatic heterocycles. The van der Waals surface area contributed by atoms with Crippen molar-refractivity contribution in [3.8, 4) is 0 Å². The van der Waals surface area contributed by atoms with Gasteiger partial charge in [-0.1, -0.05) is 45.0 Å². The van der Waals surface area contributed by atoms with Crippen LogP contribution in [0, 0.1) is 0 Å². The molecule has 96 valence electrons. The van der Waals surface area contributed by atoms with E-state index in [1.54, 1.807) is 0 Å². The van der Waals surface area contributed by atoms with Gasteiger partial charge in [-0.05, 0) is 23.5 Å². The van der Waals surface area contributed by atoms with E-state index in [2.05, 4.69) is 57.2 Å². The van der Waals surface area contributed by atoms with Crippen LogP contribution in [-0.2, 0) is 6.42 Å². The highest BCUT2D eigenvalue weighted by molar-refractivity contribution is 7.24. The van der Waals surface area contributed by atoms with Crippen molar-refractivity contribution in [1.82, 2.24) is 4.98 Å².